The van der Waals surface area contributed by atoms with Crippen LogP contribution in [0.5, 0.6) is 5.75 Å². The van der Waals surface area contributed by atoms with Crippen molar-refractivity contribution in [3.8, 4) is 5.75 Å². The lowest BCUT2D eigenvalue weighted by Gasteiger charge is -2.39. The van der Waals surface area contributed by atoms with Gasteiger partial charge in [0, 0.05) is 31.2 Å². The van der Waals surface area contributed by atoms with Gasteiger partial charge in [-0.2, -0.15) is 0 Å². The van der Waals surface area contributed by atoms with Gasteiger partial charge in [0.2, 0.25) is 0 Å². The number of para-hydroxylation sites is 1. The summed E-state index contributed by atoms with van der Waals surface area (Å²) in [6, 6.07) is 19.5. The van der Waals surface area contributed by atoms with E-state index in [1.807, 2.05) is 43.3 Å². The predicted molar refractivity (Wildman–Crippen MR) is 124 cm³/mol. The van der Waals surface area contributed by atoms with Gasteiger partial charge in [0.1, 0.15) is 11.6 Å². The van der Waals surface area contributed by atoms with Gasteiger partial charge in [-0.05, 0) is 62.2 Å². The highest BCUT2D eigenvalue weighted by molar-refractivity contribution is 7.92. The summed E-state index contributed by atoms with van der Waals surface area (Å²) in [7, 11) is -3.86. The highest BCUT2D eigenvalue weighted by atomic mass is 32.2. The number of phenolic OH excluding ortho intramolecular Hbond substituents is 1. The number of rotatable bonds is 6. The first-order valence-electron chi connectivity index (χ1n) is 10.7. The number of hydrogen-bond acceptors (Lipinski definition) is 4. The molecule has 4 rings (SSSR count). The Kier molecular flexibility index (Phi) is 6.48. The standard InChI is InChI=1S/C25H27FN2O3S/c1-19-6-10-22(11-7-19)28(32(30,31)24-12-8-21(26)9-13-24)23-14-16-27(17-15-23)18-20-4-2-3-5-25(20)29/h2-13,23,29H,14-18H2,1H3. The summed E-state index contributed by atoms with van der Waals surface area (Å²) >= 11 is 0. The molecule has 1 aliphatic heterocycles. The minimum absolute atomic E-state index is 0.0797. The SMILES string of the molecule is Cc1ccc(N(C2CCN(Cc3ccccc3O)CC2)S(=O)(=O)c2ccc(F)cc2)cc1. The molecule has 1 aliphatic rings. The Morgan fingerprint density at radius 2 is 1.59 bits per heavy atom. The van der Waals surface area contributed by atoms with E-state index in [4.69, 9.17) is 0 Å². The Bertz CT molecular complexity index is 1160. The molecule has 1 heterocycles. The zero-order valence-electron chi connectivity index (χ0n) is 18.0. The zero-order valence-corrected chi connectivity index (χ0v) is 18.8. The van der Waals surface area contributed by atoms with Crippen molar-refractivity contribution in [2.45, 2.75) is 37.2 Å². The first-order valence-corrected chi connectivity index (χ1v) is 12.1. The number of anilines is 1. The second kappa shape index (κ2) is 9.30. The second-order valence-corrected chi connectivity index (χ2v) is 10.0. The van der Waals surface area contributed by atoms with Crippen LogP contribution >= 0.6 is 0 Å². The van der Waals surface area contributed by atoms with Crippen molar-refractivity contribution in [2.75, 3.05) is 17.4 Å². The quantitative estimate of drug-likeness (QED) is 0.587. The summed E-state index contributed by atoms with van der Waals surface area (Å²) < 4.78 is 42.1. The van der Waals surface area contributed by atoms with Gasteiger partial charge in [-0.1, -0.05) is 35.9 Å². The summed E-state index contributed by atoms with van der Waals surface area (Å²) in [6.45, 7) is 4.00. The lowest BCUT2D eigenvalue weighted by Crippen LogP contribution is -2.47. The smallest absolute Gasteiger partial charge is 0.264 e. The fraction of sp³-hybridized carbons (Fsp3) is 0.280. The molecule has 0 radical (unpaired) electrons. The van der Waals surface area contributed by atoms with Gasteiger partial charge in [-0.3, -0.25) is 9.21 Å². The van der Waals surface area contributed by atoms with E-state index in [1.54, 1.807) is 12.1 Å². The molecule has 0 aliphatic carbocycles. The number of sulfonamides is 1. The lowest BCUT2D eigenvalue weighted by atomic mass is 10.0. The fourth-order valence-electron chi connectivity index (χ4n) is 4.16. The molecule has 0 atom stereocenters. The number of phenols is 1. The Hall–Kier alpha value is -2.90. The molecule has 1 N–H and O–H groups in total. The van der Waals surface area contributed by atoms with Crippen LogP contribution in [0.3, 0.4) is 0 Å². The highest BCUT2D eigenvalue weighted by Gasteiger charge is 2.34. The van der Waals surface area contributed by atoms with E-state index in [1.165, 1.54) is 28.6 Å². The normalized spacial score (nSPS) is 15.6. The van der Waals surface area contributed by atoms with Crippen molar-refractivity contribution >= 4 is 15.7 Å². The topological polar surface area (TPSA) is 60.9 Å². The molecular weight excluding hydrogens is 427 g/mol. The van der Waals surface area contributed by atoms with Gasteiger partial charge in [-0.25, -0.2) is 12.8 Å². The molecule has 0 bridgehead atoms. The minimum atomic E-state index is -3.86. The molecule has 0 spiro atoms. The van der Waals surface area contributed by atoms with E-state index in [-0.39, 0.29) is 16.7 Å². The van der Waals surface area contributed by atoms with E-state index in [9.17, 15) is 17.9 Å². The fourth-order valence-corrected chi connectivity index (χ4v) is 5.86. The summed E-state index contributed by atoms with van der Waals surface area (Å²) in [5.74, 6) is -0.196. The van der Waals surface area contributed by atoms with Crippen molar-refractivity contribution in [1.82, 2.24) is 4.90 Å². The molecule has 0 unspecified atom stereocenters. The Labute approximate surface area is 188 Å². The maximum atomic E-state index is 13.6. The summed E-state index contributed by atoms with van der Waals surface area (Å²) in [6.07, 6.45) is 1.31. The highest BCUT2D eigenvalue weighted by Crippen LogP contribution is 2.31. The van der Waals surface area contributed by atoms with Crippen LogP contribution in [0.4, 0.5) is 10.1 Å². The lowest BCUT2D eigenvalue weighted by molar-refractivity contribution is 0.204. The molecule has 3 aromatic carbocycles. The van der Waals surface area contributed by atoms with E-state index in [2.05, 4.69) is 4.90 Å². The first kappa shape index (κ1) is 22.3. The number of hydrogen-bond donors (Lipinski definition) is 1. The van der Waals surface area contributed by atoms with E-state index in [0.717, 1.165) is 11.1 Å². The third-order valence-electron chi connectivity index (χ3n) is 5.93. The van der Waals surface area contributed by atoms with E-state index < -0.39 is 15.8 Å². The van der Waals surface area contributed by atoms with Gasteiger partial charge < -0.3 is 5.11 Å². The third kappa shape index (κ3) is 4.79. The molecule has 32 heavy (non-hydrogen) atoms. The van der Waals surface area contributed by atoms with Crippen LogP contribution < -0.4 is 4.31 Å². The molecule has 3 aromatic rings. The number of piperidine rings is 1. The second-order valence-electron chi connectivity index (χ2n) is 8.23. The average Bonchev–Trinajstić information content (AvgIpc) is 2.78. The predicted octanol–water partition coefficient (Wildman–Crippen LogP) is 4.70. The van der Waals surface area contributed by atoms with Crippen LogP contribution in [0.1, 0.15) is 24.0 Å². The van der Waals surface area contributed by atoms with Gasteiger partial charge in [0.25, 0.3) is 10.0 Å². The van der Waals surface area contributed by atoms with Crippen LogP contribution in [0.25, 0.3) is 0 Å². The third-order valence-corrected chi connectivity index (χ3v) is 7.83. The molecule has 0 amide bonds. The van der Waals surface area contributed by atoms with Gasteiger partial charge in [0.05, 0.1) is 10.6 Å². The van der Waals surface area contributed by atoms with Crippen molar-refractivity contribution in [3.63, 3.8) is 0 Å². The maximum Gasteiger partial charge on any atom is 0.264 e. The number of likely N-dealkylation sites (tertiary alicyclic amines) is 1. The summed E-state index contributed by atoms with van der Waals surface area (Å²) in [4.78, 5) is 2.31. The number of aryl methyl sites for hydroxylation is 1. The molecule has 0 aromatic heterocycles. The molecule has 1 fully saturated rings. The number of halogens is 1. The Morgan fingerprint density at radius 1 is 0.969 bits per heavy atom. The molecule has 5 nitrogen and oxygen atoms in total. The number of benzene rings is 3. The van der Waals surface area contributed by atoms with Gasteiger partial charge >= 0.3 is 0 Å². The van der Waals surface area contributed by atoms with Crippen LogP contribution in [-0.4, -0.2) is 37.6 Å². The Morgan fingerprint density at radius 3 is 2.22 bits per heavy atom. The number of nitrogens with zero attached hydrogens (tertiary/aromatic N) is 2. The molecule has 0 saturated carbocycles. The van der Waals surface area contributed by atoms with Crippen LogP contribution in [0.2, 0.25) is 0 Å². The van der Waals surface area contributed by atoms with Crippen molar-refractivity contribution in [1.29, 1.82) is 0 Å². The van der Waals surface area contributed by atoms with Crippen molar-refractivity contribution in [2.24, 2.45) is 0 Å². The molecule has 168 valence electrons. The van der Waals surface area contributed by atoms with Crippen molar-refractivity contribution in [3.05, 3.63) is 89.7 Å². The van der Waals surface area contributed by atoms with Crippen LogP contribution in [0, 0.1) is 12.7 Å². The van der Waals surface area contributed by atoms with Crippen LogP contribution in [0.15, 0.2) is 77.7 Å². The average molecular weight is 455 g/mol. The summed E-state index contributed by atoms with van der Waals surface area (Å²) in [5, 5.41) is 10.1. The molecule has 7 heteroatoms. The number of aromatic hydroxyl groups is 1. The van der Waals surface area contributed by atoms with Crippen LogP contribution in [-0.2, 0) is 16.6 Å². The zero-order chi connectivity index (χ0) is 22.7. The van der Waals surface area contributed by atoms with E-state index in [0.29, 0.717) is 38.2 Å². The molecule has 1 saturated heterocycles. The Balaban J connectivity index is 1.58. The monoisotopic (exact) mass is 454 g/mol. The summed E-state index contributed by atoms with van der Waals surface area (Å²) in [5.41, 5.74) is 2.52. The van der Waals surface area contributed by atoms with E-state index >= 15 is 0 Å². The van der Waals surface area contributed by atoms with Gasteiger partial charge in [0.15, 0.2) is 0 Å². The molecular formula is C25H27FN2O3S. The van der Waals surface area contributed by atoms with Crippen molar-refractivity contribution < 1.29 is 17.9 Å². The largest absolute Gasteiger partial charge is 0.508 e. The maximum absolute atomic E-state index is 13.6. The minimum Gasteiger partial charge on any atom is -0.508 e. The first-order chi connectivity index (χ1) is 15.3. The van der Waals surface area contributed by atoms with Gasteiger partial charge in [-0.15, -0.1) is 0 Å².